The molecule has 1 saturated carbocycles. The Morgan fingerprint density at radius 2 is 2.05 bits per heavy atom. The number of piperidine rings is 1. The summed E-state index contributed by atoms with van der Waals surface area (Å²) in [6, 6.07) is 0.579. The summed E-state index contributed by atoms with van der Waals surface area (Å²) < 4.78 is 0. The van der Waals surface area contributed by atoms with Crippen LogP contribution in [0.1, 0.15) is 59.3 Å². The molecule has 0 aromatic rings. The quantitative estimate of drug-likeness (QED) is 0.848. The van der Waals surface area contributed by atoms with Crippen LogP contribution in [-0.4, -0.2) is 36.0 Å². The molecule has 1 aliphatic carbocycles. The summed E-state index contributed by atoms with van der Waals surface area (Å²) in [6.45, 7) is 8.77. The molecule has 1 saturated heterocycles. The predicted molar refractivity (Wildman–Crippen MR) is 79.0 cm³/mol. The smallest absolute Gasteiger partial charge is 0.239 e. The summed E-state index contributed by atoms with van der Waals surface area (Å²) in [5, 5.41) is 3.42. The molecule has 3 heteroatoms. The van der Waals surface area contributed by atoms with E-state index >= 15 is 0 Å². The van der Waals surface area contributed by atoms with Gasteiger partial charge in [-0.25, -0.2) is 0 Å². The number of hydrogen-bond donors (Lipinski definition) is 1. The van der Waals surface area contributed by atoms with Gasteiger partial charge in [0.1, 0.15) is 0 Å². The summed E-state index contributed by atoms with van der Waals surface area (Å²) >= 11 is 0. The monoisotopic (exact) mass is 266 g/mol. The van der Waals surface area contributed by atoms with Gasteiger partial charge >= 0.3 is 0 Å². The Morgan fingerprint density at radius 3 is 2.74 bits per heavy atom. The van der Waals surface area contributed by atoms with Crippen LogP contribution >= 0.6 is 0 Å². The van der Waals surface area contributed by atoms with Crippen LogP contribution in [0.4, 0.5) is 0 Å². The van der Waals surface area contributed by atoms with Crippen molar-refractivity contribution in [1.29, 1.82) is 0 Å². The average molecular weight is 266 g/mol. The van der Waals surface area contributed by atoms with Gasteiger partial charge in [-0.3, -0.25) is 4.79 Å². The van der Waals surface area contributed by atoms with Gasteiger partial charge in [-0.05, 0) is 56.9 Å². The van der Waals surface area contributed by atoms with E-state index in [0.29, 0.717) is 17.9 Å². The van der Waals surface area contributed by atoms with E-state index in [4.69, 9.17) is 0 Å². The first-order chi connectivity index (χ1) is 9.13. The largest absolute Gasteiger partial charge is 0.338 e. The Balaban J connectivity index is 1.97. The Labute approximate surface area is 118 Å². The third-order valence-corrected chi connectivity index (χ3v) is 4.90. The number of carbonyl (C=O) groups excluding carboxylic acids is 1. The van der Waals surface area contributed by atoms with Crippen LogP contribution in [0, 0.1) is 11.8 Å². The van der Waals surface area contributed by atoms with Crippen molar-refractivity contribution < 1.29 is 4.79 Å². The van der Waals surface area contributed by atoms with Gasteiger partial charge in [0, 0.05) is 12.6 Å². The highest BCUT2D eigenvalue weighted by atomic mass is 16.2. The molecule has 1 N–H and O–H groups in total. The second kappa shape index (κ2) is 6.74. The molecular formula is C16H30N2O. The lowest BCUT2D eigenvalue weighted by molar-refractivity contribution is -0.140. The van der Waals surface area contributed by atoms with Gasteiger partial charge < -0.3 is 10.2 Å². The minimum absolute atomic E-state index is 0.0836. The maximum atomic E-state index is 12.6. The number of nitrogens with one attached hydrogen (secondary N) is 1. The minimum atomic E-state index is 0.0836. The third kappa shape index (κ3) is 3.50. The topological polar surface area (TPSA) is 32.3 Å². The van der Waals surface area contributed by atoms with Gasteiger partial charge in [-0.15, -0.1) is 0 Å². The van der Waals surface area contributed by atoms with Gasteiger partial charge in [-0.2, -0.15) is 0 Å². The minimum Gasteiger partial charge on any atom is -0.338 e. The summed E-state index contributed by atoms with van der Waals surface area (Å²) in [6.07, 6.45) is 7.04. The van der Waals surface area contributed by atoms with Crippen LogP contribution in [0.5, 0.6) is 0 Å². The van der Waals surface area contributed by atoms with E-state index < -0.39 is 0 Å². The fourth-order valence-corrected chi connectivity index (χ4v) is 3.85. The van der Waals surface area contributed by atoms with Crippen molar-refractivity contribution in [1.82, 2.24) is 10.2 Å². The molecule has 2 rings (SSSR count). The van der Waals surface area contributed by atoms with E-state index in [1.54, 1.807) is 0 Å². The molecule has 2 fully saturated rings. The van der Waals surface area contributed by atoms with Crippen LogP contribution in [0.15, 0.2) is 0 Å². The first-order valence-corrected chi connectivity index (χ1v) is 8.17. The molecule has 4 atom stereocenters. The van der Waals surface area contributed by atoms with Crippen LogP contribution in [-0.2, 0) is 4.79 Å². The maximum Gasteiger partial charge on any atom is 0.239 e. The molecule has 0 spiro atoms. The van der Waals surface area contributed by atoms with E-state index in [1.165, 1.54) is 19.3 Å². The predicted octanol–water partition coefficient (Wildman–Crippen LogP) is 2.80. The molecule has 2 aliphatic rings. The standard InChI is InChI=1S/C16H30N2O/c1-4-9-17-14-6-5-10-18(16(14)19)15-8-7-12(2)11-13(15)3/h12-15,17H,4-11H2,1-3H3. The molecule has 110 valence electrons. The highest BCUT2D eigenvalue weighted by Crippen LogP contribution is 2.33. The summed E-state index contributed by atoms with van der Waals surface area (Å²) in [4.78, 5) is 14.8. The van der Waals surface area contributed by atoms with E-state index in [2.05, 4.69) is 31.0 Å². The van der Waals surface area contributed by atoms with Crippen molar-refractivity contribution in [2.45, 2.75) is 71.4 Å². The highest BCUT2D eigenvalue weighted by Gasteiger charge is 2.37. The van der Waals surface area contributed by atoms with Crippen LogP contribution in [0.2, 0.25) is 0 Å². The molecule has 1 aliphatic heterocycles. The van der Waals surface area contributed by atoms with Gasteiger partial charge in [0.05, 0.1) is 6.04 Å². The van der Waals surface area contributed by atoms with Crippen LogP contribution in [0.3, 0.4) is 0 Å². The van der Waals surface area contributed by atoms with Crippen molar-refractivity contribution >= 4 is 5.91 Å². The van der Waals surface area contributed by atoms with E-state index in [0.717, 1.165) is 38.3 Å². The summed E-state index contributed by atoms with van der Waals surface area (Å²) in [5.41, 5.74) is 0. The van der Waals surface area contributed by atoms with E-state index in [9.17, 15) is 4.79 Å². The lowest BCUT2D eigenvalue weighted by Gasteiger charge is -2.44. The molecule has 0 aromatic heterocycles. The molecule has 1 amide bonds. The van der Waals surface area contributed by atoms with E-state index in [-0.39, 0.29) is 6.04 Å². The molecule has 0 bridgehead atoms. The Bertz CT molecular complexity index is 305. The SMILES string of the molecule is CCCNC1CCCN(C2CCC(C)CC2C)C1=O. The maximum absolute atomic E-state index is 12.6. The van der Waals surface area contributed by atoms with Gasteiger partial charge in [-0.1, -0.05) is 20.8 Å². The van der Waals surface area contributed by atoms with Crippen molar-refractivity contribution in [2.75, 3.05) is 13.1 Å². The Morgan fingerprint density at radius 1 is 1.26 bits per heavy atom. The zero-order chi connectivity index (χ0) is 13.8. The first kappa shape index (κ1) is 14.8. The van der Waals surface area contributed by atoms with Crippen molar-refractivity contribution in [3.05, 3.63) is 0 Å². The number of likely N-dealkylation sites (tertiary alicyclic amines) is 1. The molecule has 1 heterocycles. The molecule has 0 radical (unpaired) electrons. The fraction of sp³-hybridized carbons (Fsp3) is 0.938. The van der Waals surface area contributed by atoms with Gasteiger partial charge in [0.2, 0.25) is 5.91 Å². The lowest BCUT2D eigenvalue weighted by atomic mass is 9.78. The van der Waals surface area contributed by atoms with Crippen molar-refractivity contribution in [2.24, 2.45) is 11.8 Å². The molecule has 3 nitrogen and oxygen atoms in total. The normalized spacial score (nSPS) is 36.6. The molecule has 19 heavy (non-hydrogen) atoms. The third-order valence-electron chi connectivity index (χ3n) is 4.90. The van der Waals surface area contributed by atoms with Gasteiger partial charge in [0.25, 0.3) is 0 Å². The second-order valence-electron chi connectivity index (χ2n) is 6.64. The number of nitrogens with zero attached hydrogens (tertiary/aromatic N) is 1. The number of carbonyl (C=O) groups is 1. The van der Waals surface area contributed by atoms with E-state index in [1.807, 2.05) is 0 Å². The Kier molecular flexibility index (Phi) is 5.26. The summed E-state index contributed by atoms with van der Waals surface area (Å²) in [7, 11) is 0. The van der Waals surface area contributed by atoms with Crippen molar-refractivity contribution in [3.63, 3.8) is 0 Å². The van der Waals surface area contributed by atoms with Crippen LogP contribution in [0.25, 0.3) is 0 Å². The van der Waals surface area contributed by atoms with Gasteiger partial charge in [0.15, 0.2) is 0 Å². The second-order valence-corrected chi connectivity index (χ2v) is 6.64. The zero-order valence-electron chi connectivity index (χ0n) is 12.8. The number of hydrogen-bond acceptors (Lipinski definition) is 2. The van der Waals surface area contributed by atoms with Crippen molar-refractivity contribution in [3.8, 4) is 0 Å². The highest BCUT2D eigenvalue weighted by molar-refractivity contribution is 5.83. The lowest BCUT2D eigenvalue weighted by Crippen LogP contribution is -2.56. The van der Waals surface area contributed by atoms with Crippen LogP contribution < -0.4 is 5.32 Å². The molecule has 0 aromatic carbocycles. The fourth-order valence-electron chi connectivity index (χ4n) is 3.85. The average Bonchev–Trinajstić information content (AvgIpc) is 2.38. The first-order valence-electron chi connectivity index (χ1n) is 8.17. The number of amides is 1. The summed E-state index contributed by atoms with van der Waals surface area (Å²) in [5.74, 6) is 1.86. The zero-order valence-corrected chi connectivity index (χ0v) is 12.8. The number of rotatable bonds is 4. The molecular weight excluding hydrogens is 236 g/mol. The Hall–Kier alpha value is -0.570. The molecule has 4 unspecified atom stereocenters.